The highest BCUT2D eigenvalue weighted by atomic mass is 35.5. The second-order valence-electron chi connectivity index (χ2n) is 8.50. The molecule has 1 fully saturated rings. The summed E-state index contributed by atoms with van der Waals surface area (Å²) in [5, 5.41) is 1.27. The van der Waals surface area contributed by atoms with Gasteiger partial charge in [-0.2, -0.15) is 0 Å². The largest absolute Gasteiger partial charge is 0.496 e. The Kier molecular flexibility index (Phi) is 9.04. The molecule has 0 atom stereocenters. The number of methoxy groups -OCH3 is 1. The van der Waals surface area contributed by atoms with Gasteiger partial charge in [-0.15, -0.1) is 0 Å². The number of halogens is 2. The first-order chi connectivity index (χ1) is 16.5. The van der Waals surface area contributed by atoms with Crippen molar-refractivity contribution < 1.29 is 4.74 Å². The molecule has 0 N–H and O–H groups in total. The van der Waals surface area contributed by atoms with Crippen LogP contribution in [0.4, 0.5) is 5.69 Å². The van der Waals surface area contributed by atoms with Gasteiger partial charge >= 0.3 is 0 Å². The van der Waals surface area contributed by atoms with E-state index in [1.54, 1.807) is 18.9 Å². The van der Waals surface area contributed by atoms with Gasteiger partial charge in [0.05, 0.1) is 27.7 Å². The molecule has 0 aromatic heterocycles. The Morgan fingerprint density at radius 1 is 0.882 bits per heavy atom. The predicted molar refractivity (Wildman–Crippen MR) is 145 cm³/mol. The molecule has 3 aromatic carbocycles. The number of hydrogen-bond acceptors (Lipinski definition) is 5. The molecule has 1 aliphatic rings. The number of nitrogens with zero attached hydrogens (tertiary/aromatic N) is 3. The van der Waals surface area contributed by atoms with E-state index < -0.39 is 0 Å². The summed E-state index contributed by atoms with van der Waals surface area (Å²) >= 11 is 14.4. The highest BCUT2D eigenvalue weighted by Crippen LogP contribution is 2.36. The molecule has 1 saturated heterocycles. The minimum absolute atomic E-state index is 0.618. The number of para-hydroxylation sites is 1. The highest BCUT2D eigenvalue weighted by molar-refractivity contribution is 7.99. The fourth-order valence-electron chi connectivity index (χ4n) is 4.19. The van der Waals surface area contributed by atoms with Crippen molar-refractivity contribution in [2.75, 3.05) is 58.3 Å². The van der Waals surface area contributed by atoms with Crippen molar-refractivity contribution in [2.24, 2.45) is 0 Å². The van der Waals surface area contributed by atoms with E-state index in [4.69, 9.17) is 27.9 Å². The fraction of sp³-hybridized carbons (Fsp3) is 0.333. The number of rotatable bonds is 9. The molecule has 34 heavy (non-hydrogen) atoms. The monoisotopic (exact) mass is 515 g/mol. The SMILES string of the molecule is COc1ccccc1Sc1ccccc1CN(C)CCN1CCN(c2cccc(Cl)c2Cl)CC1. The topological polar surface area (TPSA) is 19.0 Å². The van der Waals surface area contributed by atoms with E-state index in [9.17, 15) is 0 Å². The van der Waals surface area contributed by atoms with Crippen LogP contribution in [0.2, 0.25) is 10.0 Å². The van der Waals surface area contributed by atoms with Crippen molar-refractivity contribution in [1.82, 2.24) is 9.80 Å². The zero-order chi connectivity index (χ0) is 23.9. The van der Waals surface area contributed by atoms with Gasteiger partial charge in [0, 0.05) is 50.7 Å². The molecule has 0 bridgehead atoms. The van der Waals surface area contributed by atoms with Crippen molar-refractivity contribution in [3.05, 3.63) is 82.3 Å². The summed E-state index contributed by atoms with van der Waals surface area (Å²) in [5.41, 5.74) is 2.37. The smallest absolute Gasteiger partial charge is 0.132 e. The molecule has 0 unspecified atom stereocenters. The summed E-state index contributed by atoms with van der Waals surface area (Å²) in [6.07, 6.45) is 0. The standard InChI is InChI=1S/C27H31Cl2N3OS/c1-30(14-15-31-16-18-32(19-17-31)23-10-7-9-22(28)27(23)29)20-21-8-3-5-12-25(21)34-26-13-6-4-11-24(26)33-2/h3-13H,14-20H2,1-2H3. The van der Waals surface area contributed by atoms with Crippen LogP contribution in [0.15, 0.2) is 76.5 Å². The molecule has 4 rings (SSSR count). The zero-order valence-electron chi connectivity index (χ0n) is 19.7. The van der Waals surface area contributed by atoms with Gasteiger partial charge < -0.3 is 14.5 Å². The number of piperazine rings is 1. The third kappa shape index (κ3) is 6.41. The number of anilines is 1. The Bertz CT molecular complexity index is 1090. The van der Waals surface area contributed by atoms with Crippen molar-refractivity contribution in [3.8, 4) is 5.75 Å². The van der Waals surface area contributed by atoms with E-state index in [2.05, 4.69) is 64.2 Å². The number of benzene rings is 3. The third-order valence-electron chi connectivity index (χ3n) is 6.14. The van der Waals surface area contributed by atoms with Gasteiger partial charge in [-0.25, -0.2) is 0 Å². The Hall–Kier alpha value is -1.89. The van der Waals surface area contributed by atoms with Crippen LogP contribution >= 0.6 is 35.0 Å². The Morgan fingerprint density at radius 3 is 2.35 bits per heavy atom. The fourth-order valence-corrected chi connectivity index (χ4v) is 5.65. The molecular formula is C27H31Cl2N3OS. The van der Waals surface area contributed by atoms with Crippen LogP contribution in [0.5, 0.6) is 5.75 Å². The van der Waals surface area contributed by atoms with E-state index in [1.165, 1.54) is 10.5 Å². The summed E-state index contributed by atoms with van der Waals surface area (Å²) in [4.78, 5) is 9.67. The minimum Gasteiger partial charge on any atom is -0.496 e. The van der Waals surface area contributed by atoms with Gasteiger partial charge in [0.15, 0.2) is 0 Å². The zero-order valence-corrected chi connectivity index (χ0v) is 22.0. The maximum Gasteiger partial charge on any atom is 0.132 e. The average molecular weight is 517 g/mol. The average Bonchev–Trinajstić information content (AvgIpc) is 2.86. The molecule has 0 aliphatic carbocycles. The highest BCUT2D eigenvalue weighted by Gasteiger charge is 2.20. The molecule has 0 spiro atoms. The van der Waals surface area contributed by atoms with Gasteiger partial charge in [-0.3, -0.25) is 4.90 Å². The molecule has 1 aliphatic heterocycles. The summed E-state index contributed by atoms with van der Waals surface area (Å²) in [7, 11) is 3.93. The molecule has 0 saturated carbocycles. The van der Waals surface area contributed by atoms with E-state index in [-0.39, 0.29) is 0 Å². The predicted octanol–water partition coefficient (Wildman–Crippen LogP) is 6.41. The lowest BCUT2D eigenvalue weighted by atomic mass is 10.2. The van der Waals surface area contributed by atoms with E-state index in [0.717, 1.165) is 62.1 Å². The van der Waals surface area contributed by atoms with Crippen LogP contribution in [0.25, 0.3) is 0 Å². The Labute approximate surface area is 217 Å². The molecule has 7 heteroatoms. The van der Waals surface area contributed by atoms with Gasteiger partial charge in [0.1, 0.15) is 5.75 Å². The van der Waals surface area contributed by atoms with Crippen LogP contribution in [0.1, 0.15) is 5.56 Å². The molecule has 1 heterocycles. The van der Waals surface area contributed by atoms with Gasteiger partial charge in [-0.05, 0) is 42.9 Å². The van der Waals surface area contributed by atoms with Crippen molar-refractivity contribution in [3.63, 3.8) is 0 Å². The third-order valence-corrected chi connectivity index (χ3v) is 8.13. The lowest BCUT2D eigenvalue weighted by Gasteiger charge is -2.37. The Morgan fingerprint density at radius 2 is 1.59 bits per heavy atom. The summed E-state index contributed by atoms with van der Waals surface area (Å²) < 4.78 is 5.54. The molecule has 0 radical (unpaired) electrons. The van der Waals surface area contributed by atoms with E-state index in [0.29, 0.717) is 10.0 Å². The summed E-state index contributed by atoms with van der Waals surface area (Å²) in [5.74, 6) is 0.911. The number of ether oxygens (including phenoxy) is 1. The maximum absolute atomic E-state index is 6.42. The van der Waals surface area contributed by atoms with Crippen LogP contribution in [-0.4, -0.2) is 63.2 Å². The minimum atomic E-state index is 0.618. The van der Waals surface area contributed by atoms with Gasteiger partial charge in [-0.1, -0.05) is 71.4 Å². The lowest BCUT2D eigenvalue weighted by Crippen LogP contribution is -2.48. The summed E-state index contributed by atoms with van der Waals surface area (Å²) in [6.45, 7) is 6.95. The van der Waals surface area contributed by atoms with Crippen molar-refractivity contribution in [1.29, 1.82) is 0 Å². The summed E-state index contributed by atoms with van der Waals surface area (Å²) in [6, 6.07) is 22.7. The maximum atomic E-state index is 6.42. The first-order valence-corrected chi connectivity index (χ1v) is 13.1. The molecule has 0 amide bonds. The quantitative estimate of drug-likeness (QED) is 0.327. The van der Waals surface area contributed by atoms with Gasteiger partial charge in [0.25, 0.3) is 0 Å². The number of likely N-dealkylation sites (N-methyl/N-ethyl adjacent to an activating group) is 1. The van der Waals surface area contributed by atoms with E-state index >= 15 is 0 Å². The molecular weight excluding hydrogens is 485 g/mol. The first-order valence-electron chi connectivity index (χ1n) is 11.5. The second-order valence-corrected chi connectivity index (χ2v) is 10.4. The second kappa shape index (κ2) is 12.2. The van der Waals surface area contributed by atoms with Crippen molar-refractivity contribution >= 4 is 40.7 Å². The van der Waals surface area contributed by atoms with Crippen LogP contribution < -0.4 is 9.64 Å². The van der Waals surface area contributed by atoms with Crippen LogP contribution in [-0.2, 0) is 6.54 Å². The van der Waals surface area contributed by atoms with Crippen molar-refractivity contribution in [2.45, 2.75) is 16.3 Å². The molecule has 4 nitrogen and oxygen atoms in total. The van der Waals surface area contributed by atoms with Crippen LogP contribution in [0.3, 0.4) is 0 Å². The number of hydrogen-bond donors (Lipinski definition) is 0. The Balaban J connectivity index is 1.29. The van der Waals surface area contributed by atoms with E-state index in [1.807, 2.05) is 24.3 Å². The lowest BCUT2D eigenvalue weighted by molar-refractivity contribution is 0.212. The normalized spacial score (nSPS) is 14.6. The van der Waals surface area contributed by atoms with Crippen LogP contribution in [0, 0.1) is 0 Å². The van der Waals surface area contributed by atoms with Gasteiger partial charge in [0.2, 0.25) is 0 Å². The molecule has 180 valence electrons. The first kappa shape index (κ1) is 25.2. The molecule has 3 aromatic rings.